The summed E-state index contributed by atoms with van der Waals surface area (Å²) in [4.78, 5) is 6.42. The molecule has 1 saturated heterocycles. The first-order chi connectivity index (χ1) is 12.0. The van der Waals surface area contributed by atoms with Gasteiger partial charge in [0.15, 0.2) is 0 Å². The van der Waals surface area contributed by atoms with Crippen LogP contribution in [-0.4, -0.2) is 54.1 Å². The van der Waals surface area contributed by atoms with Crippen molar-refractivity contribution >= 4 is 5.82 Å². The molecule has 0 aromatic carbocycles. The summed E-state index contributed by atoms with van der Waals surface area (Å²) in [5, 5.41) is 14.1. The lowest BCUT2D eigenvalue weighted by atomic mass is 9.99. The predicted octanol–water partition coefficient (Wildman–Crippen LogP) is 1.94. The summed E-state index contributed by atoms with van der Waals surface area (Å²) in [6.07, 6.45) is 4.21. The van der Waals surface area contributed by atoms with Crippen molar-refractivity contribution in [2.75, 3.05) is 32.5 Å². The van der Waals surface area contributed by atoms with E-state index in [0.717, 1.165) is 37.1 Å². The molecule has 0 radical (unpaired) electrons. The number of aromatic nitrogens is 1. The minimum atomic E-state index is -0.580. The van der Waals surface area contributed by atoms with E-state index in [4.69, 9.17) is 10.5 Å². The summed E-state index contributed by atoms with van der Waals surface area (Å²) in [5.41, 5.74) is 8.05. The minimum Gasteiger partial charge on any atom is -0.383 e. The molecule has 1 aliphatic rings. The number of nitrogens with zero attached hydrogens (tertiary/aromatic N) is 2. The zero-order valence-electron chi connectivity index (χ0n) is 16.0. The van der Waals surface area contributed by atoms with Gasteiger partial charge in [-0.3, -0.25) is 4.90 Å². The second-order valence-electron chi connectivity index (χ2n) is 7.23. The highest BCUT2D eigenvalue weighted by Gasteiger charge is 2.29. The second-order valence-corrected chi connectivity index (χ2v) is 7.23. The number of aliphatic hydroxyl groups is 1. The lowest BCUT2D eigenvalue weighted by Crippen LogP contribution is -2.51. The molecule has 2 heterocycles. The topological polar surface area (TPSA) is 83.6 Å². The van der Waals surface area contributed by atoms with Gasteiger partial charge in [-0.15, -0.1) is 0 Å². The van der Waals surface area contributed by atoms with Crippen molar-refractivity contribution in [3.05, 3.63) is 23.4 Å². The van der Waals surface area contributed by atoms with Crippen molar-refractivity contribution in [3.63, 3.8) is 0 Å². The van der Waals surface area contributed by atoms with Crippen molar-refractivity contribution in [1.82, 2.24) is 15.2 Å². The smallest absolute Gasteiger partial charge is 0.135 e. The number of rotatable bonds is 8. The van der Waals surface area contributed by atoms with Crippen LogP contribution in [0.3, 0.4) is 0 Å². The maximum atomic E-state index is 10.7. The Labute approximate surface area is 151 Å². The number of piperidine rings is 1. The second kappa shape index (κ2) is 9.48. The molecule has 0 aliphatic carbocycles. The molecular weight excluding hydrogens is 316 g/mol. The number of likely N-dealkylation sites (tertiary alicyclic amines) is 1. The number of hydrogen-bond donors (Lipinski definition) is 3. The predicted molar refractivity (Wildman–Crippen MR) is 101 cm³/mol. The van der Waals surface area contributed by atoms with Gasteiger partial charge in [-0.2, -0.15) is 0 Å². The fourth-order valence-corrected chi connectivity index (χ4v) is 3.48. The van der Waals surface area contributed by atoms with Crippen LogP contribution in [0.5, 0.6) is 0 Å². The summed E-state index contributed by atoms with van der Waals surface area (Å²) < 4.78 is 5.56. The Morgan fingerprint density at radius 1 is 1.52 bits per heavy atom. The summed E-state index contributed by atoms with van der Waals surface area (Å²) in [6.45, 7) is 8.85. The number of pyridine rings is 1. The van der Waals surface area contributed by atoms with E-state index in [1.54, 1.807) is 7.11 Å². The minimum absolute atomic E-state index is 0.114. The average molecular weight is 351 g/mol. The third kappa shape index (κ3) is 5.38. The number of aliphatic hydroxyl groups excluding tert-OH is 1. The molecule has 6 nitrogen and oxygen atoms in total. The maximum Gasteiger partial charge on any atom is 0.135 e. The lowest BCUT2D eigenvalue weighted by Gasteiger charge is -2.37. The van der Waals surface area contributed by atoms with Crippen molar-refractivity contribution in [3.8, 4) is 0 Å². The average Bonchev–Trinajstić information content (AvgIpc) is 2.62. The standard InChI is InChI=1S/C19H34N4O2/c1-5-15-9-16(10-22-18(15)20)14(3)21-11-17(25-4)19(24)23-8-6-7-13(2)12-23/h9-10,13-14,17,19,21,24H,5-8,11-12H2,1-4H3,(H2,20,22)/t13-,14?,17?,19?/m0/s1. The summed E-state index contributed by atoms with van der Waals surface area (Å²) in [5.74, 6) is 1.23. The first-order valence-electron chi connectivity index (χ1n) is 9.38. The molecule has 1 aromatic heterocycles. The summed E-state index contributed by atoms with van der Waals surface area (Å²) >= 11 is 0. The van der Waals surface area contributed by atoms with Crippen LogP contribution in [0.2, 0.25) is 0 Å². The van der Waals surface area contributed by atoms with Crippen LogP contribution in [0.4, 0.5) is 5.82 Å². The zero-order valence-corrected chi connectivity index (χ0v) is 16.0. The van der Waals surface area contributed by atoms with Crippen LogP contribution < -0.4 is 11.1 Å². The van der Waals surface area contributed by atoms with Gasteiger partial charge in [-0.1, -0.05) is 13.8 Å². The van der Waals surface area contributed by atoms with Crippen LogP contribution in [0, 0.1) is 5.92 Å². The van der Waals surface area contributed by atoms with Crippen LogP contribution in [0.15, 0.2) is 12.3 Å². The molecule has 25 heavy (non-hydrogen) atoms. The van der Waals surface area contributed by atoms with Crippen LogP contribution in [0.1, 0.15) is 50.8 Å². The molecule has 6 heteroatoms. The number of nitrogens with two attached hydrogens (primary N) is 1. The van der Waals surface area contributed by atoms with Crippen LogP contribution in [-0.2, 0) is 11.2 Å². The van der Waals surface area contributed by atoms with Gasteiger partial charge in [0.1, 0.15) is 18.1 Å². The van der Waals surface area contributed by atoms with E-state index >= 15 is 0 Å². The largest absolute Gasteiger partial charge is 0.383 e. The third-order valence-electron chi connectivity index (χ3n) is 5.23. The molecule has 142 valence electrons. The Hall–Kier alpha value is -1.21. The summed E-state index contributed by atoms with van der Waals surface area (Å²) in [7, 11) is 1.66. The summed E-state index contributed by atoms with van der Waals surface area (Å²) in [6, 6.07) is 2.22. The highest BCUT2D eigenvalue weighted by molar-refractivity contribution is 5.41. The van der Waals surface area contributed by atoms with Crippen molar-refractivity contribution in [1.29, 1.82) is 0 Å². The van der Waals surface area contributed by atoms with Gasteiger partial charge in [0.05, 0.1) is 0 Å². The van der Waals surface area contributed by atoms with Gasteiger partial charge < -0.3 is 20.9 Å². The number of anilines is 1. The molecule has 1 fully saturated rings. The van der Waals surface area contributed by atoms with Crippen molar-refractivity contribution in [2.45, 2.75) is 58.4 Å². The fourth-order valence-electron chi connectivity index (χ4n) is 3.48. The molecule has 4 atom stereocenters. The number of nitrogen functional groups attached to an aromatic ring is 1. The van der Waals surface area contributed by atoms with E-state index in [1.807, 2.05) is 6.20 Å². The highest BCUT2D eigenvalue weighted by atomic mass is 16.5. The van der Waals surface area contributed by atoms with Gasteiger partial charge in [0.2, 0.25) is 0 Å². The molecule has 0 bridgehead atoms. The molecular formula is C19H34N4O2. The van der Waals surface area contributed by atoms with Crippen LogP contribution >= 0.6 is 0 Å². The monoisotopic (exact) mass is 350 g/mol. The SMILES string of the molecule is CCc1cc(C(C)NCC(OC)C(O)N2CCC[C@H](C)C2)cnc1N. The number of nitrogens with one attached hydrogen (secondary N) is 1. The van der Waals surface area contributed by atoms with Gasteiger partial charge in [0, 0.05) is 39.0 Å². The Morgan fingerprint density at radius 3 is 2.92 bits per heavy atom. The molecule has 0 saturated carbocycles. The van der Waals surface area contributed by atoms with E-state index in [1.165, 1.54) is 6.42 Å². The van der Waals surface area contributed by atoms with E-state index < -0.39 is 6.23 Å². The Morgan fingerprint density at radius 2 is 2.28 bits per heavy atom. The van der Waals surface area contributed by atoms with Gasteiger partial charge in [0.25, 0.3) is 0 Å². The molecule has 2 rings (SSSR count). The lowest BCUT2D eigenvalue weighted by molar-refractivity contribution is -0.108. The van der Waals surface area contributed by atoms with Crippen molar-refractivity contribution < 1.29 is 9.84 Å². The quantitative estimate of drug-likeness (QED) is 0.665. The van der Waals surface area contributed by atoms with E-state index in [2.05, 4.69) is 42.0 Å². The zero-order chi connectivity index (χ0) is 18.4. The van der Waals surface area contributed by atoms with E-state index in [-0.39, 0.29) is 12.1 Å². The molecule has 1 aliphatic heterocycles. The maximum absolute atomic E-state index is 10.7. The first-order valence-corrected chi connectivity index (χ1v) is 9.38. The van der Waals surface area contributed by atoms with Gasteiger partial charge in [-0.05, 0) is 49.3 Å². The first kappa shape index (κ1) is 20.1. The molecule has 0 amide bonds. The number of hydrogen-bond acceptors (Lipinski definition) is 6. The van der Waals surface area contributed by atoms with E-state index in [9.17, 15) is 5.11 Å². The van der Waals surface area contributed by atoms with Gasteiger partial charge >= 0.3 is 0 Å². The number of methoxy groups -OCH3 is 1. The van der Waals surface area contributed by atoms with Crippen molar-refractivity contribution in [2.24, 2.45) is 5.92 Å². The fraction of sp³-hybridized carbons (Fsp3) is 0.737. The molecule has 3 unspecified atom stereocenters. The van der Waals surface area contributed by atoms with E-state index in [0.29, 0.717) is 18.3 Å². The number of aryl methyl sites for hydroxylation is 1. The molecule has 0 spiro atoms. The van der Waals surface area contributed by atoms with Gasteiger partial charge in [-0.25, -0.2) is 4.98 Å². The normalized spacial score (nSPS) is 22.5. The Bertz CT molecular complexity index is 540. The highest BCUT2D eigenvalue weighted by Crippen LogP contribution is 2.20. The Balaban J connectivity index is 1.93. The molecule has 4 N–H and O–H groups in total. The Kier molecular flexibility index (Phi) is 7.62. The number of ether oxygens (including phenoxy) is 1. The van der Waals surface area contributed by atoms with Crippen LogP contribution in [0.25, 0.3) is 0 Å². The third-order valence-corrected chi connectivity index (χ3v) is 5.23. The molecule has 1 aromatic rings.